The average Bonchev–Trinajstić information content (AvgIpc) is 1.81. The number of hydrogen-bond donors (Lipinski definition) is 0. The summed E-state index contributed by atoms with van der Waals surface area (Å²) in [6.07, 6.45) is 0.924. The zero-order chi connectivity index (χ0) is 10.5. The number of esters is 2. The van der Waals surface area contributed by atoms with Crippen molar-refractivity contribution in [2.75, 3.05) is 0 Å². The summed E-state index contributed by atoms with van der Waals surface area (Å²) >= 11 is 0. The molecule has 0 amide bonds. The Morgan fingerprint density at radius 2 is 1.77 bits per heavy atom. The van der Waals surface area contributed by atoms with E-state index in [2.05, 4.69) is 11.7 Å². The first-order valence-electron chi connectivity index (χ1n) is 4.38. The van der Waals surface area contributed by atoms with Gasteiger partial charge in [0.15, 0.2) is 0 Å². The van der Waals surface area contributed by atoms with Gasteiger partial charge in [0.25, 0.3) is 0 Å². The Hall–Kier alpha value is -0.860. The topological polar surface area (TPSA) is 43.4 Å². The summed E-state index contributed by atoms with van der Waals surface area (Å²) in [5, 5.41) is 0. The SMILES string of the molecule is [CH2]CCC(=O)OC(=O)CC(C)(C)C. The second-order valence-corrected chi connectivity index (χ2v) is 4.19. The third-order valence-corrected chi connectivity index (χ3v) is 1.28. The molecule has 0 fully saturated rings. The van der Waals surface area contributed by atoms with Crippen molar-refractivity contribution in [1.29, 1.82) is 0 Å². The van der Waals surface area contributed by atoms with Crippen LogP contribution in [0.25, 0.3) is 0 Å². The molecule has 0 aromatic rings. The van der Waals surface area contributed by atoms with Crippen LogP contribution >= 0.6 is 0 Å². The third-order valence-electron chi connectivity index (χ3n) is 1.28. The lowest BCUT2D eigenvalue weighted by Crippen LogP contribution is -2.18. The molecule has 0 aromatic carbocycles. The molecule has 0 heterocycles. The van der Waals surface area contributed by atoms with Gasteiger partial charge in [-0.2, -0.15) is 0 Å². The van der Waals surface area contributed by atoms with Gasteiger partial charge in [0.05, 0.1) is 6.42 Å². The summed E-state index contributed by atoms with van der Waals surface area (Å²) in [6.45, 7) is 9.25. The first kappa shape index (κ1) is 12.1. The molecule has 0 spiro atoms. The minimum Gasteiger partial charge on any atom is -0.393 e. The zero-order valence-electron chi connectivity index (χ0n) is 8.55. The largest absolute Gasteiger partial charge is 0.393 e. The fraction of sp³-hybridized carbons (Fsp3) is 0.700. The quantitative estimate of drug-likeness (QED) is 0.499. The summed E-state index contributed by atoms with van der Waals surface area (Å²) in [6, 6.07) is 0. The highest BCUT2D eigenvalue weighted by Gasteiger charge is 2.18. The Labute approximate surface area is 79.5 Å². The van der Waals surface area contributed by atoms with Gasteiger partial charge in [-0.15, -0.1) is 0 Å². The van der Waals surface area contributed by atoms with Crippen LogP contribution in [0.3, 0.4) is 0 Å². The van der Waals surface area contributed by atoms with Gasteiger partial charge in [-0.25, -0.2) is 0 Å². The van der Waals surface area contributed by atoms with Crippen LogP contribution in [0, 0.1) is 12.3 Å². The highest BCUT2D eigenvalue weighted by Crippen LogP contribution is 2.18. The van der Waals surface area contributed by atoms with Gasteiger partial charge in [-0.1, -0.05) is 27.7 Å². The van der Waals surface area contributed by atoms with Crippen LogP contribution in [0.2, 0.25) is 0 Å². The van der Waals surface area contributed by atoms with Crippen molar-refractivity contribution in [3.63, 3.8) is 0 Å². The van der Waals surface area contributed by atoms with Crippen LogP contribution in [0.5, 0.6) is 0 Å². The first-order valence-corrected chi connectivity index (χ1v) is 4.38. The van der Waals surface area contributed by atoms with E-state index in [0.29, 0.717) is 6.42 Å². The number of ether oxygens (including phenoxy) is 1. The average molecular weight is 185 g/mol. The fourth-order valence-corrected chi connectivity index (χ4v) is 0.791. The van der Waals surface area contributed by atoms with Crippen LogP contribution in [0.4, 0.5) is 0 Å². The highest BCUT2D eigenvalue weighted by molar-refractivity contribution is 5.85. The Kier molecular flexibility index (Phi) is 4.67. The van der Waals surface area contributed by atoms with Gasteiger partial charge < -0.3 is 4.74 Å². The zero-order valence-corrected chi connectivity index (χ0v) is 8.55. The molecule has 0 aliphatic carbocycles. The predicted octanol–water partition coefficient (Wildman–Crippen LogP) is 2.11. The second-order valence-electron chi connectivity index (χ2n) is 4.19. The summed E-state index contributed by atoms with van der Waals surface area (Å²) in [4.78, 5) is 21.9. The fourth-order valence-electron chi connectivity index (χ4n) is 0.791. The highest BCUT2D eigenvalue weighted by atomic mass is 16.6. The normalized spacial score (nSPS) is 11.1. The van der Waals surface area contributed by atoms with Crippen LogP contribution < -0.4 is 0 Å². The van der Waals surface area contributed by atoms with Crippen molar-refractivity contribution in [1.82, 2.24) is 0 Å². The molecule has 3 nitrogen and oxygen atoms in total. The number of carbonyl (C=O) groups is 2. The van der Waals surface area contributed by atoms with E-state index in [0.717, 1.165) is 0 Å². The molecule has 0 N–H and O–H groups in total. The molecule has 75 valence electrons. The Bertz CT molecular complexity index is 189. The van der Waals surface area contributed by atoms with E-state index in [-0.39, 0.29) is 18.3 Å². The molecule has 0 saturated heterocycles. The molecule has 0 aliphatic heterocycles. The Morgan fingerprint density at radius 3 is 2.15 bits per heavy atom. The molecular formula is C10H17O3. The third kappa shape index (κ3) is 7.50. The lowest BCUT2D eigenvalue weighted by atomic mass is 9.92. The smallest absolute Gasteiger partial charge is 0.313 e. The van der Waals surface area contributed by atoms with Crippen LogP contribution in [-0.4, -0.2) is 11.9 Å². The maximum absolute atomic E-state index is 11.1. The molecule has 1 radical (unpaired) electrons. The molecular weight excluding hydrogens is 168 g/mol. The molecule has 0 bridgehead atoms. The van der Waals surface area contributed by atoms with Gasteiger partial charge in [-0.05, 0) is 11.8 Å². The van der Waals surface area contributed by atoms with Crippen molar-refractivity contribution in [3.8, 4) is 0 Å². The van der Waals surface area contributed by atoms with E-state index in [1.807, 2.05) is 20.8 Å². The van der Waals surface area contributed by atoms with E-state index in [9.17, 15) is 9.59 Å². The molecule has 0 unspecified atom stereocenters. The van der Waals surface area contributed by atoms with E-state index in [4.69, 9.17) is 0 Å². The second kappa shape index (κ2) is 5.00. The predicted molar refractivity (Wildman–Crippen MR) is 49.8 cm³/mol. The van der Waals surface area contributed by atoms with Gasteiger partial charge >= 0.3 is 11.9 Å². The van der Waals surface area contributed by atoms with Crippen molar-refractivity contribution >= 4 is 11.9 Å². The lowest BCUT2D eigenvalue weighted by Gasteiger charge is -2.15. The summed E-state index contributed by atoms with van der Waals surface area (Å²) in [7, 11) is 0. The number of rotatable bonds is 3. The lowest BCUT2D eigenvalue weighted by molar-refractivity contribution is -0.160. The van der Waals surface area contributed by atoms with Gasteiger partial charge in [0, 0.05) is 6.42 Å². The first-order chi connectivity index (χ1) is 5.85. The summed E-state index contributed by atoms with van der Waals surface area (Å²) in [5.41, 5.74) is -0.137. The van der Waals surface area contributed by atoms with E-state index in [1.54, 1.807) is 0 Å². The molecule has 0 aliphatic rings. The van der Waals surface area contributed by atoms with Crippen molar-refractivity contribution in [3.05, 3.63) is 6.92 Å². The van der Waals surface area contributed by atoms with Crippen molar-refractivity contribution in [2.24, 2.45) is 5.41 Å². The monoisotopic (exact) mass is 185 g/mol. The van der Waals surface area contributed by atoms with Crippen LogP contribution in [0.15, 0.2) is 0 Å². The van der Waals surface area contributed by atoms with Crippen molar-refractivity contribution < 1.29 is 14.3 Å². The van der Waals surface area contributed by atoms with Gasteiger partial charge in [0.2, 0.25) is 0 Å². The Morgan fingerprint density at radius 1 is 1.23 bits per heavy atom. The Balaban J connectivity index is 3.82. The number of carbonyl (C=O) groups excluding carboxylic acids is 2. The molecule has 0 aromatic heterocycles. The standard InChI is InChI=1S/C10H17O3/c1-5-6-8(11)13-9(12)7-10(2,3)4/h1,5-7H2,2-4H3. The minimum atomic E-state index is -0.482. The molecule has 0 saturated carbocycles. The maximum Gasteiger partial charge on any atom is 0.313 e. The van der Waals surface area contributed by atoms with E-state index in [1.165, 1.54) is 0 Å². The minimum absolute atomic E-state index is 0.137. The van der Waals surface area contributed by atoms with E-state index >= 15 is 0 Å². The summed E-state index contributed by atoms with van der Waals surface area (Å²) in [5.74, 6) is -0.935. The van der Waals surface area contributed by atoms with Gasteiger partial charge in [0.1, 0.15) is 0 Å². The van der Waals surface area contributed by atoms with E-state index < -0.39 is 11.9 Å². The molecule has 13 heavy (non-hydrogen) atoms. The van der Waals surface area contributed by atoms with Gasteiger partial charge in [-0.3, -0.25) is 9.59 Å². The van der Waals surface area contributed by atoms with Crippen LogP contribution in [0.1, 0.15) is 40.0 Å². The number of hydrogen-bond acceptors (Lipinski definition) is 3. The maximum atomic E-state index is 11.1. The summed E-state index contributed by atoms with van der Waals surface area (Å²) < 4.78 is 4.55. The molecule has 3 heteroatoms. The van der Waals surface area contributed by atoms with Crippen LogP contribution in [-0.2, 0) is 14.3 Å². The van der Waals surface area contributed by atoms with Crippen molar-refractivity contribution in [2.45, 2.75) is 40.0 Å². The molecule has 0 rings (SSSR count). The molecule has 0 atom stereocenters.